The molecule has 3 aromatic carbocycles. The zero-order chi connectivity index (χ0) is 23.3. The van der Waals surface area contributed by atoms with E-state index in [4.69, 9.17) is 9.73 Å². The predicted molar refractivity (Wildman–Crippen MR) is 131 cm³/mol. The first kappa shape index (κ1) is 21.6. The fourth-order valence-corrected chi connectivity index (χ4v) is 3.96. The molecule has 0 unspecified atom stereocenters. The number of carbonyl (C=O) groups is 2. The molecule has 0 spiro atoms. The number of nitrogens with one attached hydrogen (secondary N) is 1. The third-order valence-corrected chi connectivity index (χ3v) is 5.72. The topological polar surface area (TPSA) is 71.0 Å². The Labute approximate surface area is 198 Å². The van der Waals surface area contributed by atoms with Gasteiger partial charge in [0.05, 0.1) is 36.7 Å². The van der Waals surface area contributed by atoms with E-state index in [2.05, 4.69) is 17.2 Å². The molecule has 2 aliphatic heterocycles. The summed E-state index contributed by atoms with van der Waals surface area (Å²) >= 11 is 0. The smallest absolute Gasteiger partial charge is 0.254 e. The number of fused-ring (bicyclic) bond motifs is 1. The first-order chi connectivity index (χ1) is 16.7. The third kappa shape index (κ3) is 4.90. The van der Waals surface area contributed by atoms with Crippen LogP contribution in [0.3, 0.4) is 0 Å². The lowest BCUT2D eigenvalue weighted by Gasteiger charge is -2.27. The zero-order valence-electron chi connectivity index (χ0n) is 18.6. The zero-order valence-corrected chi connectivity index (χ0v) is 18.6. The number of ether oxygens (including phenoxy) is 1. The minimum absolute atomic E-state index is 0.0362. The Kier molecular flexibility index (Phi) is 6.19. The van der Waals surface area contributed by atoms with Gasteiger partial charge in [-0.3, -0.25) is 14.6 Å². The second-order valence-corrected chi connectivity index (χ2v) is 8.12. The molecule has 0 saturated carbocycles. The number of carbonyl (C=O) groups excluding carboxylic acids is 2. The van der Waals surface area contributed by atoms with E-state index in [1.807, 2.05) is 66.7 Å². The number of morpholine rings is 1. The average molecular weight is 450 g/mol. The number of amides is 2. The Morgan fingerprint density at radius 2 is 1.71 bits per heavy atom. The summed E-state index contributed by atoms with van der Waals surface area (Å²) in [6.45, 7) is 2.25. The van der Waals surface area contributed by atoms with E-state index in [1.54, 1.807) is 11.0 Å². The summed E-state index contributed by atoms with van der Waals surface area (Å²) in [6, 6.07) is 22.7. The van der Waals surface area contributed by atoms with E-state index < -0.39 is 0 Å². The van der Waals surface area contributed by atoms with Crippen LogP contribution in [0.4, 0.5) is 11.4 Å². The number of aliphatic imine (C=N–C) groups is 1. The van der Waals surface area contributed by atoms with E-state index in [9.17, 15) is 9.59 Å². The molecule has 0 aliphatic carbocycles. The summed E-state index contributed by atoms with van der Waals surface area (Å²) in [5, 5.41) is 2.94. The van der Waals surface area contributed by atoms with Crippen LogP contribution in [0.25, 0.3) is 0 Å². The molecule has 168 valence electrons. The molecule has 0 aromatic heterocycles. The molecule has 0 atom stereocenters. The van der Waals surface area contributed by atoms with Gasteiger partial charge in [-0.05, 0) is 48.0 Å². The van der Waals surface area contributed by atoms with Crippen molar-refractivity contribution in [2.24, 2.45) is 4.99 Å². The van der Waals surface area contributed by atoms with Gasteiger partial charge in [0.2, 0.25) is 5.91 Å². The van der Waals surface area contributed by atoms with Crippen molar-refractivity contribution in [2.75, 3.05) is 31.6 Å². The summed E-state index contributed by atoms with van der Waals surface area (Å²) in [5.41, 5.74) is 4.97. The minimum atomic E-state index is -0.157. The van der Waals surface area contributed by atoms with E-state index in [1.165, 1.54) is 0 Å². The molecule has 6 heteroatoms. The molecule has 1 N–H and O–H groups in total. The van der Waals surface area contributed by atoms with Crippen LogP contribution in [0.1, 0.15) is 33.5 Å². The van der Waals surface area contributed by atoms with E-state index in [0.29, 0.717) is 49.0 Å². The normalized spacial score (nSPS) is 15.2. The minimum Gasteiger partial charge on any atom is -0.378 e. The van der Waals surface area contributed by atoms with Gasteiger partial charge in [0.15, 0.2) is 0 Å². The van der Waals surface area contributed by atoms with Gasteiger partial charge in [0, 0.05) is 29.8 Å². The molecule has 1 saturated heterocycles. The second-order valence-electron chi connectivity index (χ2n) is 8.12. The van der Waals surface area contributed by atoms with E-state index >= 15 is 0 Å². The highest BCUT2D eigenvalue weighted by atomic mass is 16.5. The Morgan fingerprint density at radius 3 is 2.53 bits per heavy atom. The van der Waals surface area contributed by atoms with Crippen LogP contribution >= 0.6 is 0 Å². The Bertz CT molecular complexity index is 1330. The molecule has 2 heterocycles. The highest BCUT2D eigenvalue weighted by Gasteiger charge is 2.21. The van der Waals surface area contributed by atoms with Gasteiger partial charge in [-0.2, -0.15) is 0 Å². The molecule has 3 aromatic rings. The third-order valence-electron chi connectivity index (χ3n) is 5.72. The van der Waals surface area contributed by atoms with Gasteiger partial charge in [0.25, 0.3) is 5.91 Å². The van der Waals surface area contributed by atoms with Crippen LogP contribution in [0.2, 0.25) is 0 Å². The predicted octanol–water partition coefficient (Wildman–Crippen LogP) is 4.02. The van der Waals surface area contributed by atoms with Crippen LogP contribution < -0.4 is 5.32 Å². The molecule has 0 radical (unpaired) electrons. The number of benzene rings is 3. The first-order valence-electron chi connectivity index (χ1n) is 11.2. The Morgan fingerprint density at radius 1 is 0.912 bits per heavy atom. The fraction of sp³-hybridized carbons (Fsp3) is 0.179. The highest BCUT2D eigenvalue weighted by Crippen LogP contribution is 2.30. The summed E-state index contributed by atoms with van der Waals surface area (Å²) in [6.07, 6.45) is 0.120. The quantitative estimate of drug-likeness (QED) is 0.601. The fourth-order valence-electron chi connectivity index (χ4n) is 3.96. The van der Waals surface area contributed by atoms with Crippen molar-refractivity contribution >= 4 is 28.9 Å². The van der Waals surface area contributed by atoms with Crippen molar-refractivity contribution < 1.29 is 14.3 Å². The summed E-state index contributed by atoms with van der Waals surface area (Å²) in [7, 11) is 0. The van der Waals surface area contributed by atoms with Crippen molar-refractivity contribution in [3.8, 4) is 11.8 Å². The van der Waals surface area contributed by atoms with Crippen LogP contribution in [0.15, 0.2) is 77.8 Å². The van der Waals surface area contributed by atoms with Crippen molar-refractivity contribution in [3.63, 3.8) is 0 Å². The largest absolute Gasteiger partial charge is 0.378 e. The maximum absolute atomic E-state index is 12.9. The van der Waals surface area contributed by atoms with Gasteiger partial charge in [-0.15, -0.1) is 0 Å². The summed E-state index contributed by atoms with van der Waals surface area (Å²) in [4.78, 5) is 32.1. The lowest BCUT2D eigenvalue weighted by molar-refractivity contribution is -0.115. The molecule has 5 rings (SSSR count). The first-order valence-corrected chi connectivity index (χ1v) is 11.2. The van der Waals surface area contributed by atoms with Crippen molar-refractivity contribution in [3.05, 3.63) is 95.1 Å². The number of anilines is 1. The second kappa shape index (κ2) is 9.74. The van der Waals surface area contributed by atoms with Crippen LogP contribution in [0, 0.1) is 11.8 Å². The van der Waals surface area contributed by atoms with Gasteiger partial charge < -0.3 is 15.0 Å². The molecule has 1 fully saturated rings. The van der Waals surface area contributed by atoms with Gasteiger partial charge in [-0.25, -0.2) is 0 Å². The van der Waals surface area contributed by atoms with Crippen LogP contribution in [0.5, 0.6) is 0 Å². The molecular weight excluding hydrogens is 426 g/mol. The summed E-state index contributed by atoms with van der Waals surface area (Å²) < 4.78 is 5.34. The molecule has 0 bridgehead atoms. The lowest BCUT2D eigenvalue weighted by Crippen LogP contribution is -2.40. The molecule has 34 heavy (non-hydrogen) atoms. The van der Waals surface area contributed by atoms with Gasteiger partial charge in [-0.1, -0.05) is 42.2 Å². The van der Waals surface area contributed by atoms with Crippen LogP contribution in [-0.4, -0.2) is 48.7 Å². The molecule has 6 nitrogen and oxygen atoms in total. The van der Waals surface area contributed by atoms with Crippen LogP contribution in [-0.2, 0) is 9.53 Å². The number of rotatable bonds is 2. The van der Waals surface area contributed by atoms with E-state index in [0.717, 1.165) is 16.7 Å². The number of hydrogen-bond acceptors (Lipinski definition) is 4. The number of hydrogen-bond donors (Lipinski definition) is 1. The molecular formula is C28H23N3O3. The monoisotopic (exact) mass is 449 g/mol. The van der Waals surface area contributed by atoms with Gasteiger partial charge >= 0.3 is 0 Å². The van der Waals surface area contributed by atoms with Crippen molar-refractivity contribution in [2.45, 2.75) is 6.42 Å². The van der Waals surface area contributed by atoms with Crippen molar-refractivity contribution in [1.82, 2.24) is 4.90 Å². The van der Waals surface area contributed by atoms with Crippen molar-refractivity contribution in [1.29, 1.82) is 0 Å². The van der Waals surface area contributed by atoms with Gasteiger partial charge in [0.1, 0.15) is 0 Å². The Hall–Kier alpha value is -4.21. The summed E-state index contributed by atoms with van der Waals surface area (Å²) in [5.74, 6) is 6.08. The molecule has 2 amide bonds. The maximum Gasteiger partial charge on any atom is 0.254 e. The SMILES string of the molecule is O=C1CC(c2cccc(C(=O)N3CCOCC3)c2)=Nc2ccc(C#Cc3ccccc3)cc2N1. The number of nitrogens with zero attached hydrogens (tertiary/aromatic N) is 2. The Balaban J connectivity index is 1.43. The standard InChI is InChI=1S/C28H23N3O3/c32-27-19-25(22-7-4-8-23(18-22)28(33)31-13-15-34-16-14-31)29-24-12-11-21(17-26(24)30-27)10-9-20-5-2-1-3-6-20/h1-8,11-12,17-18H,13-16,19H2,(H,30,32). The lowest BCUT2D eigenvalue weighted by atomic mass is 10.0. The van der Waals surface area contributed by atoms with E-state index in [-0.39, 0.29) is 18.2 Å². The highest BCUT2D eigenvalue weighted by molar-refractivity contribution is 6.17. The molecule has 2 aliphatic rings. The average Bonchev–Trinajstić information content (AvgIpc) is 3.06. The maximum atomic E-state index is 12.9.